The van der Waals surface area contributed by atoms with E-state index in [9.17, 15) is 9.59 Å². The van der Waals surface area contributed by atoms with Crippen molar-refractivity contribution < 1.29 is 9.59 Å². The fourth-order valence-electron chi connectivity index (χ4n) is 3.05. The minimum atomic E-state index is -0.208. The van der Waals surface area contributed by atoms with Gasteiger partial charge in [-0.2, -0.15) is 0 Å². The zero-order valence-corrected chi connectivity index (χ0v) is 12.8. The van der Waals surface area contributed by atoms with Crippen molar-refractivity contribution in [1.29, 1.82) is 0 Å². The van der Waals surface area contributed by atoms with Crippen LogP contribution in [0.25, 0.3) is 0 Å². The van der Waals surface area contributed by atoms with Gasteiger partial charge >= 0.3 is 0 Å². The fourth-order valence-corrected chi connectivity index (χ4v) is 3.05. The Labute approximate surface area is 124 Å². The summed E-state index contributed by atoms with van der Waals surface area (Å²) in [6.07, 6.45) is 1.05. The maximum atomic E-state index is 12.1. The largest absolute Gasteiger partial charge is 0.368 e. The van der Waals surface area contributed by atoms with Crippen molar-refractivity contribution in [2.75, 3.05) is 31.6 Å². The van der Waals surface area contributed by atoms with Gasteiger partial charge < -0.3 is 10.2 Å². The molecule has 1 unspecified atom stereocenters. The number of carbonyl (C=O) groups excluding carboxylic acids is 2. The normalized spacial score (nSPS) is 25.5. The number of amides is 2. The zero-order chi connectivity index (χ0) is 15.2. The molecule has 21 heavy (non-hydrogen) atoms. The first kappa shape index (κ1) is 14.1. The topological polar surface area (TPSA) is 52.7 Å². The number of nitrogens with zero attached hydrogens (tertiary/aromatic N) is 2. The average molecular weight is 287 g/mol. The van der Waals surface area contributed by atoms with Crippen molar-refractivity contribution in [3.05, 3.63) is 29.3 Å². The second-order valence-corrected chi connectivity index (χ2v) is 6.16. The molecule has 1 atom stereocenters. The third-order valence-corrected chi connectivity index (χ3v) is 4.69. The van der Waals surface area contributed by atoms with Crippen molar-refractivity contribution in [3.8, 4) is 0 Å². The Bertz CT molecular complexity index is 614. The summed E-state index contributed by atoms with van der Waals surface area (Å²) in [5.74, 6) is -0.412. The van der Waals surface area contributed by atoms with Crippen LogP contribution in [0.2, 0.25) is 0 Å². The van der Waals surface area contributed by atoms with E-state index in [1.165, 1.54) is 11.9 Å². The molecular formula is C16H21N3O2. The van der Waals surface area contributed by atoms with Gasteiger partial charge in [0.05, 0.1) is 11.1 Å². The third-order valence-electron chi connectivity index (χ3n) is 4.69. The maximum Gasteiger partial charge on any atom is 0.261 e. The first-order valence-electron chi connectivity index (χ1n) is 7.41. The summed E-state index contributed by atoms with van der Waals surface area (Å²) in [5.41, 5.74) is 2.15. The highest BCUT2D eigenvalue weighted by molar-refractivity contribution is 6.21. The molecule has 1 aromatic rings. The van der Waals surface area contributed by atoms with Gasteiger partial charge in [-0.25, -0.2) is 0 Å². The second-order valence-electron chi connectivity index (χ2n) is 6.16. The molecule has 0 aromatic heterocycles. The summed E-state index contributed by atoms with van der Waals surface area (Å²) in [6, 6.07) is 5.59. The lowest BCUT2D eigenvalue weighted by Crippen LogP contribution is -2.58. The van der Waals surface area contributed by atoms with E-state index >= 15 is 0 Å². The van der Waals surface area contributed by atoms with Crippen molar-refractivity contribution in [1.82, 2.24) is 10.2 Å². The maximum absolute atomic E-state index is 12.1. The quantitative estimate of drug-likeness (QED) is 0.837. The number of hydrogen-bond donors (Lipinski definition) is 1. The minimum Gasteiger partial charge on any atom is -0.368 e. The number of piperazine rings is 1. The van der Waals surface area contributed by atoms with Crippen LogP contribution >= 0.6 is 0 Å². The predicted octanol–water partition coefficient (Wildman–Crippen LogP) is 1.49. The Hall–Kier alpha value is -1.88. The first-order valence-corrected chi connectivity index (χ1v) is 7.41. The van der Waals surface area contributed by atoms with E-state index in [1.807, 2.05) is 12.1 Å². The Morgan fingerprint density at radius 2 is 1.95 bits per heavy atom. The Morgan fingerprint density at radius 1 is 1.24 bits per heavy atom. The van der Waals surface area contributed by atoms with E-state index in [0.29, 0.717) is 11.1 Å². The van der Waals surface area contributed by atoms with Crippen LogP contribution in [0.1, 0.15) is 41.0 Å². The van der Waals surface area contributed by atoms with Gasteiger partial charge in [-0.15, -0.1) is 0 Å². The number of imide groups is 1. The molecule has 1 fully saturated rings. The lowest BCUT2D eigenvalue weighted by atomic mass is 9.95. The smallest absolute Gasteiger partial charge is 0.261 e. The van der Waals surface area contributed by atoms with E-state index < -0.39 is 0 Å². The number of anilines is 1. The van der Waals surface area contributed by atoms with Gasteiger partial charge in [0.2, 0.25) is 0 Å². The molecule has 112 valence electrons. The summed E-state index contributed by atoms with van der Waals surface area (Å²) in [6.45, 7) is 7.13. The van der Waals surface area contributed by atoms with E-state index in [0.717, 1.165) is 31.7 Å². The molecule has 5 nitrogen and oxygen atoms in total. The molecule has 2 amide bonds. The third kappa shape index (κ3) is 2.21. The molecule has 1 aromatic carbocycles. The number of carbonyl (C=O) groups is 2. The van der Waals surface area contributed by atoms with E-state index in [2.05, 4.69) is 24.1 Å². The Morgan fingerprint density at radius 3 is 2.67 bits per heavy atom. The van der Waals surface area contributed by atoms with Crippen LogP contribution in [0.3, 0.4) is 0 Å². The standard InChI is InChI=1S/C16H21N3O2/c1-4-16(2)10-19(8-7-17-16)11-5-6-12-13(9-11)15(21)18(3)14(12)20/h5-6,9,17H,4,7-8,10H2,1-3H3. The number of rotatable bonds is 2. The van der Waals surface area contributed by atoms with Gasteiger partial charge in [-0.05, 0) is 31.5 Å². The van der Waals surface area contributed by atoms with Crippen LogP contribution < -0.4 is 10.2 Å². The molecule has 0 spiro atoms. The van der Waals surface area contributed by atoms with Gasteiger partial charge in [-0.3, -0.25) is 14.5 Å². The molecule has 1 saturated heterocycles. The van der Waals surface area contributed by atoms with Crippen molar-refractivity contribution in [2.45, 2.75) is 25.8 Å². The summed E-state index contributed by atoms with van der Waals surface area (Å²) in [4.78, 5) is 27.5. The van der Waals surface area contributed by atoms with Crippen LogP contribution in [-0.4, -0.2) is 48.9 Å². The van der Waals surface area contributed by atoms with Crippen LogP contribution in [0.4, 0.5) is 5.69 Å². The number of nitrogens with one attached hydrogen (secondary N) is 1. The summed E-state index contributed by atoms with van der Waals surface area (Å²) < 4.78 is 0. The van der Waals surface area contributed by atoms with Crippen LogP contribution in [0, 0.1) is 0 Å². The van der Waals surface area contributed by atoms with Crippen LogP contribution in [0.5, 0.6) is 0 Å². The lowest BCUT2D eigenvalue weighted by Gasteiger charge is -2.42. The van der Waals surface area contributed by atoms with Crippen molar-refractivity contribution >= 4 is 17.5 Å². The molecule has 0 aliphatic carbocycles. The van der Waals surface area contributed by atoms with Crippen molar-refractivity contribution in [2.24, 2.45) is 0 Å². The molecular weight excluding hydrogens is 266 g/mol. The molecule has 0 bridgehead atoms. The average Bonchev–Trinajstić information content (AvgIpc) is 2.72. The van der Waals surface area contributed by atoms with E-state index in [-0.39, 0.29) is 17.4 Å². The summed E-state index contributed by atoms with van der Waals surface area (Å²) in [5, 5.41) is 3.55. The monoisotopic (exact) mass is 287 g/mol. The number of hydrogen-bond acceptors (Lipinski definition) is 4. The zero-order valence-electron chi connectivity index (χ0n) is 12.8. The number of benzene rings is 1. The number of fused-ring (bicyclic) bond motifs is 1. The van der Waals surface area contributed by atoms with Gasteiger partial charge in [-0.1, -0.05) is 6.92 Å². The molecule has 2 aliphatic heterocycles. The Balaban J connectivity index is 1.92. The van der Waals surface area contributed by atoms with Crippen molar-refractivity contribution in [3.63, 3.8) is 0 Å². The van der Waals surface area contributed by atoms with E-state index in [4.69, 9.17) is 0 Å². The van der Waals surface area contributed by atoms with Gasteiger partial charge in [0, 0.05) is 37.9 Å². The molecule has 3 rings (SSSR count). The highest BCUT2D eigenvalue weighted by Gasteiger charge is 2.34. The van der Waals surface area contributed by atoms with Gasteiger partial charge in [0.1, 0.15) is 0 Å². The minimum absolute atomic E-state index is 0.0912. The highest BCUT2D eigenvalue weighted by atomic mass is 16.2. The Kier molecular flexibility index (Phi) is 3.24. The van der Waals surface area contributed by atoms with Crippen LogP contribution in [-0.2, 0) is 0 Å². The predicted molar refractivity (Wildman–Crippen MR) is 81.8 cm³/mol. The summed E-state index contributed by atoms with van der Waals surface area (Å²) >= 11 is 0. The molecule has 5 heteroatoms. The molecule has 1 N–H and O–H groups in total. The SMILES string of the molecule is CCC1(C)CN(c2ccc3c(c2)C(=O)N(C)C3=O)CCN1. The fraction of sp³-hybridized carbons (Fsp3) is 0.500. The molecule has 0 saturated carbocycles. The van der Waals surface area contributed by atoms with E-state index in [1.54, 1.807) is 6.07 Å². The van der Waals surface area contributed by atoms with Gasteiger partial charge in [0.25, 0.3) is 11.8 Å². The van der Waals surface area contributed by atoms with Gasteiger partial charge in [0.15, 0.2) is 0 Å². The van der Waals surface area contributed by atoms with Crippen LogP contribution in [0.15, 0.2) is 18.2 Å². The lowest BCUT2D eigenvalue weighted by molar-refractivity contribution is 0.0693. The molecule has 2 heterocycles. The molecule has 0 radical (unpaired) electrons. The summed E-state index contributed by atoms with van der Waals surface area (Å²) in [7, 11) is 1.53. The highest BCUT2D eigenvalue weighted by Crippen LogP contribution is 2.28. The second kappa shape index (κ2) is 4.84. The molecule has 2 aliphatic rings. The first-order chi connectivity index (χ1) is 9.95.